The fraction of sp³-hybridized carbons (Fsp3) is 0.308. The van der Waals surface area contributed by atoms with Gasteiger partial charge in [0, 0.05) is 21.3 Å². The number of ether oxygens (including phenoxy) is 1. The number of benzene rings is 1. The van der Waals surface area contributed by atoms with Crippen LogP contribution in [-0.4, -0.2) is 19.1 Å². The van der Waals surface area contributed by atoms with Gasteiger partial charge in [-0.05, 0) is 31.0 Å². The molecule has 0 spiro atoms. The monoisotopic (exact) mass is 293 g/mol. The number of amides is 1. The van der Waals surface area contributed by atoms with Gasteiger partial charge < -0.3 is 10.1 Å². The summed E-state index contributed by atoms with van der Waals surface area (Å²) in [4.78, 5) is 12.0. The van der Waals surface area contributed by atoms with E-state index in [2.05, 4.69) is 21.2 Å². The molecule has 4 heteroatoms. The molecule has 0 bridgehead atoms. The first kappa shape index (κ1) is 11.0. The lowest BCUT2D eigenvalue weighted by Crippen LogP contribution is -2.12. The fourth-order valence-corrected chi connectivity index (χ4v) is 2.72. The van der Waals surface area contributed by atoms with Crippen molar-refractivity contribution in [3.8, 4) is 0 Å². The van der Waals surface area contributed by atoms with Crippen molar-refractivity contribution in [2.75, 3.05) is 18.5 Å². The van der Waals surface area contributed by atoms with Gasteiger partial charge in [0.1, 0.15) is 0 Å². The molecule has 0 unspecified atom stereocenters. The topological polar surface area (TPSA) is 38.3 Å². The van der Waals surface area contributed by atoms with Crippen molar-refractivity contribution < 1.29 is 9.53 Å². The number of carbonyl (C=O) groups is 1. The molecule has 2 heterocycles. The van der Waals surface area contributed by atoms with E-state index < -0.39 is 0 Å². The van der Waals surface area contributed by atoms with E-state index in [1.165, 1.54) is 5.57 Å². The zero-order valence-electron chi connectivity index (χ0n) is 9.25. The van der Waals surface area contributed by atoms with Gasteiger partial charge in [0.15, 0.2) is 0 Å². The van der Waals surface area contributed by atoms with Crippen LogP contribution in [0, 0.1) is 0 Å². The minimum absolute atomic E-state index is 0.0231. The molecule has 1 aromatic rings. The summed E-state index contributed by atoms with van der Waals surface area (Å²) in [6.45, 7) is 1.44. The van der Waals surface area contributed by atoms with Gasteiger partial charge in [0.05, 0.1) is 13.2 Å². The second kappa shape index (κ2) is 4.27. The quantitative estimate of drug-likeness (QED) is 0.747. The molecule has 2 aliphatic heterocycles. The smallest absolute Gasteiger partial charge is 0.256 e. The third-order valence-corrected chi connectivity index (χ3v) is 3.67. The Labute approximate surface area is 108 Å². The highest BCUT2D eigenvalue weighted by Crippen LogP contribution is 2.37. The maximum Gasteiger partial charge on any atom is 0.256 e. The fourth-order valence-electron chi connectivity index (χ4n) is 2.36. The lowest BCUT2D eigenvalue weighted by atomic mass is 9.96. The van der Waals surface area contributed by atoms with Gasteiger partial charge in [-0.25, -0.2) is 0 Å². The number of hydrogen-bond donors (Lipinski definition) is 1. The largest absolute Gasteiger partial charge is 0.381 e. The van der Waals surface area contributed by atoms with Gasteiger partial charge in [0.2, 0.25) is 0 Å². The normalized spacial score (nSPS) is 19.2. The predicted octanol–water partition coefficient (Wildman–Crippen LogP) is 2.97. The van der Waals surface area contributed by atoms with Gasteiger partial charge in [0.25, 0.3) is 5.91 Å². The average Bonchev–Trinajstić information content (AvgIpc) is 2.65. The first-order chi connectivity index (χ1) is 8.25. The van der Waals surface area contributed by atoms with Crippen LogP contribution in [0.5, 0.6) is 0 Å². The molecule has 17 heavy (non-hydrogen) atoms. The minimum atomic E-state index is 0.0231. The average molecular weight is 294 g/mol. The summed E-state index contributed by atoms with van der Waals surface area (Å²) in [6.07, 6.45) is 1.71. The van der Waals surface area contributed by atoms with Crippen molar-refractivity contribution in [3.63, 3.8) is 0 Å². The van der Waals surface area contributed by atoms with Gasteiger partial charge in [-0.3, -0.25) is 4.79 Å². The second-order valence-electron chi connectivity index (χ2n) is 4.23. The van der Waals surface area contributed by atoms with Gasteiger partial charge in [-0.1, -0.05) is 21.5 Å². The van der Waals surface area contributed by atoms with E-state index in [9.17, 15) is 4.79 Å². The van der Waals surface area contributed by atoms with Crippen molar-refractivity contribution in [1.29, 1.82) is 0 Å². The van der Waals surface area contributed by atoms with Crippen molar-refractivity contribution in [2.45, 2.75) is 12.8 Å². The highest BCUT2D eigenvalue weighted by molar-refractivity contribution is 9.10. The Morgan fingerprint density at radius 1 is 1.24 bits per heavy atom. The Morgan fingerprint density at radius 2 is 2.00 bits per heavy atom. The van der Waals surface area contributed by atoms with E-state index in [1.54, 1.807) is 0 Å². The first-order valence-electron chi connectivity index (χ1n) is 5.67. The third-order valence-electron chi connectivity index (χ3n) is 3.18. The van der Waals surface area contributed by atoms with Gasteiger partial charge in [-0.15, -0.1) is 0 Å². The van der Waals surface area contributed by atoms with Crippen LogP contribution in [0.2, 0.25) is 0 Å². The molecular formula is C13H12BrNO2. The van der Waals surface area contributed by atoms with Gasteiger partial charge >= 0.3 is 0 Å². The van der Waals surface area contributed by atoms with E-state index in [-0.39, 0.29) is 5.91 Å². The predicted molar refractivity (Wildman–Crippen MR) is 69.7 cm³/mol. The Hall–Kier alpha value is -1.13. The van der Waals surface area contributed by atoms with Crippen molar-refractivity contribution in [2.24, 2.45) is 0 Å². The van der Waals surface area contributed by atoms with E-state index in [1.807, 2.05) is 18.2 Å². The number of fused-ring (bicyclic) bond motifs is 1. The minimum Gasteiger partial charge on any atom is -0.381 e. The van der Waals surface area contributed by atoms with Crippen molar-refractivity contribution >= 4 is 33.1 Å². The number of anilines is 1. The molecule has 0 aliphatic carbocycles. The van der Waals surface area contributed by atoms with Crippen LogP contribution in [0.3, 0.4) is 0 Å². The molecule has 1 N–H and O–H groups in total. The Morgan fingerprint density at radius 3 is 2.76 bits per heavy atom. The third kappa shape index (κ3) is 1.91. The zero-order valence-corrected chi connectivity index (χ0v) is 10.8. The summed E-state index contributed by atoms with van der Waals surface area (Å²) in [5, 5.41) is 2.91. The number of nitrogens with one attached hydrogen (secondary N) is 1. The highest BCUT2D eigenvalue weighted by atomic mass is 79.9. The van der Waals surface area contributed by atoms with E-state index in [4.69, 9.17) is 4.74 Å². The van der Waals surface area contributed by atoms with Crippen LogP contribution in [0.15, 0.2) is 28.2 Å². The van der Waals surface area contributed by atoms with Gasteiger partial charge in [-0.2, -0.15) is 0 Å². The Bertz CT molecular complexity index is 514. The van der Waals surface area contributed by atoms with Crippen LogP contribution in [0.4, 0.5) is 5.69 Å². The molecule has 0 atom stereocenters. The Balaban J connectivity index is 2.12. The second-order valence-corrected chi connectivity index (χ2v) is 5.15. The molecule has 3 nitrogen and oxygen atoms in total. The molecule has 0 aromatic heterocycles. The van der Waals surface area contributed by atoms with E-state index >= 15 is 0 Å². The number of carbonyl (C=O) groups excluding carboxylic acids is 1. The first-order valence-corrected chi connectivity index (χ1v) is 6.46. The summed E-state index contributed by atoms with van der Waals surface area (Å²) >= 11 is 3.45. The van der Waals surface area contributed by atoms with E-state index in [0.29, 0.717) is 0 Å². The Kier molecular flexibility index (Phi) is 2.76. The summed E-state index contributed by atoms with van der Waals surface area (Å²) in [6, 6.07) is 5.88. The summed E-state index contributed by atoms with van der Waals surface area (Å²) < 4.78 is 6.33. The van der Waals surface area contributed by atoms with Crippen LogP contribution < -0.4 is 5.32 Å². The highest BCUT2D eigenvalue weighted by Gasteiger charge is 2.27. The molecule has 0 radical (unpaired) electrons. The molecule has 0 saturated carbocycles. The molecule has 1 saturated heterocycles. The molecule has 88 valence electrons. The maximum atomic E-state index is 12.0. The van der Waals surface area contributed by atoms with Crippen molar-refractivity contribution in [3.05, 3.63) is 33.8 Å². The lowest BCUT2D eigenvalue weighted by molar-refractivity contribution is -0.110. The van der Waals surface area contributed by atoms with Crippen LogP contribution in [0.1, 0.15) is 18.4 Å². The molecule has 3 rings (SSSR count). The van der Waals surface area contributed by atoms with Crippen LogP contribution in [-0.2, 0) is 9.53 Å². The van der Waals surface area contributed by atoms with Crippen LogP contribution >= 0.6 is 15.9 Å². The standard InChI is InChI=1S/C13H12BrNO2/c14-9-1-2-11-10(7-9)12(13(16)15-11)8-3-5-17-6-4-8/h1-2,7H,3-6H2,(H,15,16). The maximum absolute atomic E-state index is 12.0. The van der Waals surface area contributed by atoms with E-state index in [0.717, 1.165) is 47.4 Å². The molecule has 1 aromatic carbocycles. The lowest BCUT2D eigenvalue weighted by Gasteiger charge is -2.16. The number of rotatable bonds is 0. The molecule has 2 aliphatic rings. The molecular weight excluding hydrogens is 282 g/mol. The molecule has 1 fully saturated rings. The summed E-state index contributed by atoms with van der Waals surface area (Å²) in [5.41, 5.74) is 3.99. The van der Waals surface area contributed by atoms with Crippen LogP contribution in [0.25, 0.3) is 5.57 Å². The van der Waals surface area contributed by atoms with Crippen molar-refractivity contribution in [1.82, 2.24) is 0 Å². The summed E-state index contributed by atoms with van der Waals surface area (Å²) in [7, 11) is 0. The number of halogens is 1. The number of hydrogen-bond acceptors (Lipinski definition) is 2. The molecule has 1 amide bonds. The zero-order chi connectivity index (χ0) is 11.8. The summed E-state index contributed by atoms with van der Waals surface area (Å²) in [5.74, 6) is 0.0231. The SMILES string of the molecule is O=C1Nc2ccc(Br)cc2C1=C1CCOCC1.